The highest BCUT2D eigenvalue weighted by Crippen LogP contribution is 2.31. The van der Waals surface area contributed by atoms with Crippen LogP contribution in [0.3, 0.4) is 0 Å². The summed E-state index contributed by atoms with van der Waals surface area (Å²) in [4.78, 5) is 0. The van der Waals surface area contributed by atoms with Gasteiger partial charge in [-0.05, 0) is 37.6 Å². The van der Waals surface area contributed by atoms with E-state index in [9.17, 15) is 0 Å². The predicted molar refractivity (Wildman–Crippen MR) is 64.3 cm³/mol. The van der Waals surface area contributed by atoms with Gasteiger partial charge in [0.15, 0.2) is 11.5 Å². The molecule has 0 saturated heterocycles. The van der Waals surface area contributed by atoms with Crippen LogP contribution in [0.15, 0.2) is 18.2 Å². The fourth-order valence-electron chi connectivity index (χ4n) is 1.95. The maximum absolute atomic E-state index is 5.57. The second kappa shape index (κ2) is 5.21. The summed E-state index contributed by atoms with van der Waals surface area (Å²) in [5.74, 6) is 1.75. The maximum Gasteiger partial charge on any atom is 0.161 e. The summed E-state index contributed by atoms with van der Waals surface area (Å²) >= 11 is 0. The molecule has 1 N–H and O–H groups in total. The Labute approximate surface area is 96.8 Å². The van der Waals surface area contributed by atoms with Gasteiger partial charge in [-0.25, -0.2) is 0 Å². The lowest BCUT2D eigenvalue weighted by molar-refractivity contribution is 0.171. The average molecular weight is 221 g/mol. The molecular weight excluding hydrogens is 202 g/mol. The smallest absolute Gasteiger partial charge is 0.161 e. The molecule has 88 valence electrons. The Morgan fingerprint density at radius 1 is 1.25 bits per heavy atom. The molecule has 1 atom stereocenters. The summed E-state index contributed by atoms with van der Waals surface area (Å²) in [7, 11) is 2.01. The Morgan fingerprint density at radius 2 is 2.00 bits per heavy atom. The first-order chi connectivity index (χ1) is 7.83. The van der Waals surface area contributed by atoms with E-state index in [1.54, 1.807) is 0 Å². The molecule has 2 rings (SSSR count). The Morgan fingerprint density at radius 3 is 2.69 bits per heavy atom. The third-order valence-corrected chi connectivity index (χ3v) is 2.99. The molecule has 1 heterocycles. The summed E-state index contributed by atoms with van der Waals surface area (Å²) in [6.07, 6.45) is 2.16. The van der Waals surface area contributed by atoms with E-state index in [4.69, 9.17) is 9.47 Å². The molecule has 0 fully saturated rings. The van der Waals surface area contributed by atoms with Crippen LogP contribution in [0.25, 0.3) is 0 Å². The predicted octanol–water partition coefficient (Wildman–Crippen LogP) is 2.00. The zero-order valence-corrected chi connectivity index (χ0v) is 9.95. The first-order valence-corrected chi connectivity index (χ1v) is 5.89. The highest BCUT2D eigenvalue weighted by Gasteiger charge is 2.13. The molecule has 0 radical (unpaired) electrons. The molecule has 0 amide bonds. The van der Waals surface area contributed by atoms with Crippen LogP contribution in [0.2, 0.25) is 0 Å². The third kappa shape index (κ3) is 2.47. The van der Waals surface area contributed by atoms with Crippen LogP contribution in [0.1, 0.15) is 18.9 Å². The first-order valence-electron chi connectivity index (χ1n) is 5.89. The highest BCUT2D eigenvalue weighted by atomic mass is 16.6. The largest absolute Gasteiger partial charge is 0.486 e. The van der Waals surface area contributed by atoms with Crippen molar-refractivity contribution in [3.63, 3.8) is 0 Å². The standard InChI is InChI=1S/C13H19NO2/c1-3-11(14-2)8-10-4-5-12-13(9-10)16-7-6-15-12/h4-5,9,11,14H,3,6-8H2,1-2H3. The summed E-state index contributed by atoms with van der Waals surface area (Å²) in [5.41, 5.74) is 1.30. The van der Waals surface area contributed by atoms with Crippen LogP contribution < -0.4 is 14.8 Å². The van der Waals surface area contributed by atoms with Crippen molar-refractivity contribution < 1.29 is 9.47 Å². The minimum absolute atomic E-state index is 0.530. The van der Waals surface area contributed by atoms with Gasteiger partial charge in [0, 0.05) is 6.04 Å². The highest BCUT2D eigenvalue weighted by molar-refractivity contribution is 5.44. The van der Waals surface area contributed by atoms with Crippen LogP contribution in [-0.4, -0.2) is 26.3 Å². The molecule has 1 aromatic rings. The number of hydrogen-bond donors (Lipinski definition) is 1. The van der Waals surface area contributed by atoms with Gasteiger partial charge in [0.2, 0.25) is 0 Å². The third-order valence-electron chi connectivity index (χ3n) is 2.99. The lowest BCUT2D eigenvalue weighted by atomic mass is 10.0. The van der Waals surface area contributed by atoms with Crippen LogP contribution >= 0.6 is 0 Å². The minimum atomic E-state index is 0.530. The fourth-order valence-corrected chi connectivity index (χ4v) is 1.95. The second-order valence-corrected chi connectivity index (χ2v) is 4.08. The molecule has 3 nitrogen and oxygen atoms in total. The Bertz CT molecular complexity index is 348. The monoisotopic (exact) mass is 221 g/mol. The van der Waals surface area contributed by atoms with Gasteiger partial charge in [-0.2, -0.15) is 0 Å². The zero-order valence-electron chi connectivity index (χ0n) is 9.95. The van der Waals surface area contributed by atoms with Gasteiger partial charge in [0.25, 0.3) is 0 Å². The Balaban J connectivity index is 2.10. The number of benzene rings is 1. The second-order valence-electron chi connectivity index (χ2n) is 4.08. The van der Waals surface area contributed by atoms with Crippen molar-refractivity contribution in [1.82, 2.24) is 5.32 Å². The number of rotatable bonds is 4. The van der Waals surface area contributed by atoms with E-state index in [2.05, 4.69) is 24.4 Å². The van der Waals surface area contributed by atoms with Gasteiger partial charge in [0.05, 0.1) is 0 Å². The molecular formula is C13H19NO2. The molecule has 3 heteroatoms. The summed E-state index contributed by atoms with van der Waals surface area (Å²) in [6, 6.07) is 6.75. The normalized spacial score (nSPS) is 15.9. The number of hydrogen-bond acceptors (Lipinski definition) is 3. The number of nitrogens with one attached hydrogen (secondary N) is 1. The fraction of sp³-hybridized carbons (Fsp3) is 0.538. The van der Waals surface area contributed by atoms with E-state index in [-0.39, 0.29) is 0 Å². The lowest BCUT2D eigenvalue weighted by Gasteiger charge is -2.20. The quantitative estimate of drug-likeness (QED) is 0.843. The molecule has 0 aromatic heterocycles. The number of fused-ring (bicyclic) bond motifs is 1. The van der Waals surface area contributed by atoms with E-state index in [1.807, 2.05) is 13.1 Å². The van der Waals surface area contributed by atoms with Gasteiger partial charge in [0.1, 0.15) is 13.2 Å². The molecule has 0 aliphatic carbocycles. The number of likely N-dealkylation sites (N-methyl/N-ethyl adjacent to an activating group) is 1. The number of ether oxygens (including phenoxy) is 2. The Kier molecular flexibility index (Phi) is 3.67. The van der Waals surface area contributed by atoms with Crippen molar-refractivity contribution in [1.29, 1.82) is 0 Å². The molecule has 0 bridgehead atoms. The minimum Gasteiger partial charge on any atom is -0.486 e. The van der Waals surface area contributed by atoms with Crippen molar-refractivity contribution in [2.75, 3.05) is 20.3 Å². The van der Waals surface area contributed by atoms with Gasteiger partial charge in [-0.15, -0.1) is 0 Å². The van der Waals surface area contributed by atoms with Crippen molar-refractivity contribution in [2.45, 2.75) is 25.8 Å². The van der Waals surface area contributed by atoms with Crippen molar-refractivity contribution >= 4 is 0 Å². The SMILES string of the molecule is CCC(Cc1ccc2c(c1)OCCO2)NC. The van der Waals surface area contributed by atoms with E-state index in [1.165, 1.54) is 5.56 Å². The van der Waals surface area contributed by atoms with Crippen molar-refractivity contribution in [2.24, 2.45) is 0 Å². The van der Waals surface area contributed by atoms with Gasteiger partial charge < -0.3 is 14.8 Å². The molecule has 1 aliphatic rings. The Hall–Kier alpha value is -1.22. The van der Waals surface area contributed by atoms with E-state index < -0.39 is 0 Å². The van der Waals surface area contributed by atoms with E-state index in [0.717, 1.165) is 24.3 Å². The summed E-state index contributed by atoms with van der Waals surface area (Å²) in [5, 5.41) is 3.31. The van der Waals surface area contributed by atoms with Gasteiger partial charge in [-0.1, -0.05) is 13.0 Å². The van der Waals surface area contributed by atoms with Crippen LogP contribution in [-0.2, 0) is 6.42 Å². The lowest BCUT2D eigenvalue weighted by Crippen LogP contribution is -2.26. The average Bonchev–Trinajstić information content (AvgIpc) is 2.35. The summed E-state index contributed by atoms with van der Waals surface area (Å²) in [6.45, 7) is 3.50. The van der Waals surface area contributed by atoms with Gasteiger partial charge in [-0.3, -0.25) is 0 Å². The summed E-state index contributed by atoms with van der Waals surface area (Å²) < 4.78 is 11.1. The molecule has 16 heavy (non-hydrogen) atoms. The maximum atomic E-state index is 5.57. The van der Waals surface area contributed by atoms with Gasteiger partial charge >= 0.3 is 0 Å². The molecule has 1 unspecified atom stereocenters. The van der Waals surface area contributed by atoms with E-state index >= 15 is 0 Å². The van der Waals surface area contributed by atoms with Crippen LogP contribution in [0.5, 0.6) is 11.5 Å². The molecule has 0 spiro atoms. The first kappa shape index (κ1) is 11.3. The molecule has 0 saturated carbocycles. The van der Waals surface area contributed by atoms with Crippen molar-refractivity contribution in [3.05, 3.63) is 23.8 Å². The van der Waals surface area contributed by atoms with E-state index in [0.29, 0.717) is 19.3 Å². The topological polar surface area (TPSA) is 30.5 Å². The molecule has 1 aromatic carbocycles. The molecule has 1 aliphatic heterocycles. The van der Waals surface area contributed by atoms with Crippen LogP contribution in [0.4, 0.5) is 0 Å². The zero-order chi connectivity index (χ0) is 11.4. The van der Waals surface area contributed by atoms with Crippen LogP contribution in [0, 0.1) is 0 Å². The van der Waals surface area contributed by atoms with Crippen molar-refractivity contribution in [3.8, 4) is 11.5 Å².